The number of amides is 1. The molecule has 0 heterocycles. The molecule has 0 spiro atoms. The van der Waals surface area contributed by atoms with Crippen molar-refractivity contribution in [1.29, 1.82) is 5.26 Å². The summed E-state index contributed by atoms with van der Waals surface area (Å²) in [6.45, 7) is 0. The lowest BCUT2D eigenvalue weighted by atomic mass is 10.1. The molecule has 5 heteroatoms. The summed E-state index contributed by atoms with van der Waals surface area (Å²) < 4.78 is 4.96. The van der Waals surface area contributed by atoms with Crippen LogP contribution in [0, 0.1) is 11.3 Å². The zero-order valence-corrected chi connectivity index (χ0v) is 8.67. The maximum atomic E-state index is 11.4. The highest BCUT2D eigenvalue weighted by Crippen LogP contribution is 2.20. The third kappa shape index (κ3) is 2.47. The molecule has 1 rings (SSSR count). The van der Waals surface area contributed by atoms with E-state index in [1.54, 1.807) is 6.07 Å². The van der Waals surface area contributed by atoms with E-state index in [4.69, 9.17) is 10.00 Å². The number of ether oxygens (including phenoxy) is 1. The van der Waals surface area contributed by atoms with Crippen LogP contribution in [0.4, 0.5) is 0 Å². The van der Waals surface area contributed by atoms with Crippen LogP contribution >= 0.6 is 12.2 Å². The van der Waals surface area contributed by atoms with Gasteiger partial charge in [0, 0.05) is 0 Å². The van der Waals surface area contributed by atoms with Crippen LogP contribution in [0.25, 0.3) is 0 Å². The van der Waals surface area contributed by atoms with E-state index >= 15 is 0 Å². The lowest BCUT2D eigenvalue weighted by Crippen LogP contribution is -1.99. The van der Waals surface area contributed by atoms with Crippen molar-refractivity contribution in [2.24, 2.45) is 4.99 Å². The largest absolute Gasteiger partial charge is 0.496 e. The minimum Gasteiger partial charge on any atom is -0.496 e. The average Bonchev–Trinajstić information content (AvgIpc) is 2.28. The fourth-order valence-electron chi connectivity index (χ4n) is 1.05. The molecule has 4 nitrogen and oxygen atoms in total. The zero-order chi connectivity index (χ0) is 11.3. The molecule has 0 radical (unpaired) electrons. The number of rotatable bonds is 2. The fourth-order valence-corrected chi connectivity index (χ4v) is 1.13. The number of methoxy groups -OCH3 is 1. The summed E-state index contributed by atoms with van der Waals surface area (Å²) in [6.07, 6.45) is 0. The summed E-state index contributed by atoms with van der Waals surface area (Å²) >= 11 is 4.33. The van der Waals surface area contributed by atoms with Crippen molar-refractivity contribution in [3.63, 3.8) is 0 Å². The first-order valence-electron chi connectivity index (χ1n) is 3.93. The molecule has 0 atom stereocenters. The van der Waals surface area contributed by atoms with Gasteiger partial charge in [-0.1, -0.05) is 0 Å². The van der Waals surface area contributed by atoms with Crippen molar-refractivity contribution < 1.29 is 9.53 Å². The monoisotopic (exact) mass is 218 g/mol. The second-order valence-electron chi connectivity index (χ2n) is 2.54. The highest BCUT2D eigenvalue weighted by atomic mass is 32.1. The molecule has 0 N–H and O–H groups in total. The first-order valence-corrected chi connectivity index (χ1v) is 4.34. The van der Waals surface area contributed by atoms with Crippen LogP contribution in [0.1, 0.15) is 15.9 Å². The van der Waals surface area contributed by atoms with Crippen molar-refractivity contribution in [1.82, 2.24) is 0 Å². The lowest BCUT2D eigenvalue weighted by Gasteiger charge is -2.04. The first-order chi connectivity index (χ1) is 7.22. The number of thiocarbonyl (C=S) groups is 1. The number of benzene rings is 1. The van der Waals surface area contributed by atoms with E-state index in [2.05, 4.69) is 17.2 Å². The summed E-state index contributed by atoms with van der Waals surface area (Å²) in [6, 6.07) is 6.40. The normalized spacial score (nSPS) is 8.53. The van der Waals surface area contributed by atoms with Crippen LogP contribution in [0.5, 0.6) is 5.75 Å². The van der Waals surface area contributed by atoms with Crippen molar-refractivity contribution in [3.8, 4) is 11.8 Å². The third-order valence-electron chi connectivity index (χ3n) is 1.71. The second-order valence-corrected chi connectivity index (χ2v) is 2.72. The van der Waals surface area contributed by atoms with Gasteiger partial charge < -0.3 is 4.74 Å². The summed E-state index contributed by atoms with van der Waals surface area (Å²) in [5.74, 6) is -0.216. The van der Waals surface area contributed by atoms with Crippen molar-refractivity contribution >= 4 is 23.3 Å². The Morgan fingerprint density at radius 3 is 2.87 bits per heavy atom. The number of nitrogens with zero attached hydrogens (tertiary/aromatic N) is 2. The van der Waals surface area contributed by atoms with Gasteiger partial charge in [0.15, 0.2) is 0 Å². The Kier molecular flexibility index (Phi) is 3.69. The molecular formula is C10H6N2O2S. The van der Waals surface area contributed by atoms with E-state index in [-0.39, 0.29) is 5.56 Å². The minimum absolute atomic E-state index is 0.203. The number of aliphatic imine (C=N–C) groups is 1. The Morgan fingerprint density at radius 1 is 1.60 bits per heavy atom. The Morgan fingerprint density at radius 2 is 2.33 bits per heavy atom. The molecule has 0 aromatic heterocycles. The van der Waals surface area contributed by atoms with Gasteiger partial charge in [0.1, 0.15) is 5.75 Å². The Bertz CT molecular complexity index is 485. The number of nitriles is 1. The Balaban J connectivity index is 3.30. The zero-order valence-electron chi connectivity index (χ0n) is 7.85. The van der Waals surface area contributed by atoms with Crippen LogP contribution in [-0.4, -0.2) is 18.2 Å². The van der Waals surface area contributed by atoms with Gasteiger partial charge in [0.05, 0.1) is 29.5 Å². The highest BCUT2D eigenvalue weighted by Gasteiger charge is 2.11. The summed E-state index contributed by atoms with van der Waals surface area (Å²) in [5.41, 5.74) is 0.563. The average molecular weight is 218 g/mol. The maximum absolute atomic E-state index is 11.4. The molecule has 0 aliphatic rings. The SMILES string of the molecule is COc1ccc(C#N)cc1C(=O)N=C=S. The lowest BCUT2D eigenvalue weighted by molar-refractivity contribution is 0.100. The van der Waals surface area contributed by atoms with Crippen molar-refractivity contribution in [3.05, 3.63) is 29.3 Å². The quantitative estimate of drug-likeness (QED) is 0.561. The summed E-state index contributed by atoms with van der Waals surface area (Å²) in [4.78, 5) is 14.7. The number of carbonyl (C=O) groups excluding carboxylic acids is 1. The third-order valence-corrected chi connectivity index (χ3v) is 1.80. The van der Waals surface area contributed by atoms with E-state index in [0.29, 0.717) is 11.3 Å². The van der Waals surface area contributed by atoms with Crippen molar-refractivity contribution in [2.75, 3.05) is 7.11 Å². The van der Waals surface area contributed by atoms with Gasteiger partial charge in [-0.25, -0.2) is 0 Å². The topological polar surface area (TPSA) is 62.4 Å². The van der Waals surface area contributed by atoms with Crippen LogP contribution in [0.2, 0.25) is 0 Å². The number of isothiocyanates is 1. The van der Waals surface area contributed by atoms with E-state index in [1.165, 1.54) is 19.2 Å². The molecule has 0 saturated carbocycles. The van der Waals surface area contributed by atoms with Crippen LogP contribution < -0.4 is 4.74 Å². The van der Waals surface area contributed by atoms with Gasteiger partial charge >= 0.3 is 0 Å². The fraction of sp³-hybridized carbons (Fsp3) is 0.100. The van der Waals surface area contributed by atoms with Gasteiger partial charge in [-0.15, -0.1) is 0 Å². The molecule has 74 valence electrons. The van der Waals surface area contributed by atoms with Gasteiger partial charge in [0.25, 0.3) is 5.91 Å². The van der Waals surface area contributed by atoms with E-state index in [9.17, 15) is 4.79 Å². The smallest absolute Gasteiger partial charge is 0.289 e. The predicted octanol–water partition coefficient (Wildman–Crippen LogP) is 1.81. The maximum Gasteiger partial charge on any atom is 0.289 e. The van der Waals surface area contributed by atoms with Gasteiger partial charge in [0.2, 0.25) is 0 Å². The van der Waals surface area contributed by atoms with E-state index in [0.717, 1.165) is 0 Å². The highest BCUT2D eigenvalue weighted by molar-refractivity contribution is 7.78. The molecule has 0 unspecified atom stereocenters. The van der Waals surface area contributed by atoms with Gasteiger partial charge in [-0.3, -0.25) is 4.79 Å². The van der Waals surface area contributed by atoms with Crippen molar-refractivity contribution in [2.45, 2.75) is 0 Å². The van der Waals surface area contributed by atoms with E-state index < -0.39 is 5.91 Å². The second kappa shape index (κ2) is 5.01. The number of hydrogen-bond donors (Lipinski definition) is 0. The summed E-state index contributed by atoms with van der Waals surface area (Å²) in [5, 5.41) is 10.6. The minimum atomic E-state index is -0.570. The van der Waals surface area contributed by atoms with Gasteiger partial charge in [-0.2, -0.15) is 10.3 Å². The van der Waals surface area contributed by atoms with E-state index in [1.807, 2.05) is 11.2 Å². The molecule has 1 amide bonds. The Labute approximate surface area is 91.8 Å². The summed E-state index contributed by atoms with van der Waals surface area (Å²) in [7, 11) is 1.43. The van der Waals surface area contributed by atoms with Crippen LogP contribution in [0.3, 0.4) is 0 Å². The number of hydrogen-bond acceptors (Lipinski definition) is 4. The molecular weight excluding hydrogens is 212 g/mol. The molecule has 1 aromatic carbocycles. The number of carbonyl (C=O) groups is 1. The van der Waals surface area contributed by atoms with Crippen LogP contribution in [0.15, 0.2) is 23.2 Å². The molecule has 1 aromatic rings. The predicted molar refractivity (Wildman–Crippen MR) is 57.1 cm³/mol. The van der Waals surface area contributed by atoms with Gasteiger partial charge in [-0.05, 0) is 30.4 Å². The molecule has 15 heavy (non-hydrogen) atoms. The van der Waals surface area contributed by atoms with Crippen LogP contribution in [-0.2, 0) is 0 Å². The molecule has 0 aliphatic heterocycles. The first kappa shape index (κ1) is 11.1. The molecule has 0 saturated heterocycles. The molecule has 0 fully saturated rings. The Hall–Kier alpha value is -2.02. The standard InChI is InChI=1S/C10H6N2O2S/c1-14-9-3-2-7(5-11)4-8(9)10(13)12-6-15/h2-4H,1H3. The molecule has 0 bridgehead atoms. The molecule has 0 aliphatic carbocycles.